The molecular formula is C21H15ClFN5O3. The fourth-order valence-corrected chi connectivity index (χ4v) is 2.73. The second-order valence-electron chi connectivity index (χ2n) is 6.30. The number of carbonyl (C=O) groups is 3. The molecule has 3 aromatic rings. The lowest BCUT2D eigenvalue weighted by Crippen LogP contribution is -2.20. The number of pyridine rings is 1. The first-order valence-electron chi connectivity index (χ1n) is 8.76. The predicted octanol–water partition coefficient (Wildman–Crippen LogP) is 3.48. The Kier molecular flexibility index (Phi) is 6.37. The van der Waals surface area contributed by atoms with E-state index in [-0.39, 0.29) is 39.6 Å². The summed E-state index contributed by atoms with van der Waals surface area (Å²) < 4.78 is 14.3. The maximum absolute atomic E-state index is 14.3. The van der Waals surface area contributed by atoms with E-state index in [9.17, 15) is 18.8 Å². The largest absolute Gasteiger partial charge is 0.384 e. The van der Waals surface area contributed by atoms with Crippen LogP contribution in [0.25, 0.3) is 0 Å². The Balaban J connectivity index is 1.89. The molecule has 2 aromatic carbocycles. The van der Waals surface area contributed by atoms with E-state index in [1.54, 1.807) is 0 Å². The number of rotatable bonds is 6. The first kappa shape index (κ1) is 21.6. The van der Waals surface area contributed by atoms with Crippen molar-refractivity contribution in [1.82, 2.24) is 4.98 Å². The zero-order valence-electron chi connectivity index (χ0n) is 15.8. The molecule has 0 radical (unpaired) electrons. The zero-order valence-corrected chi connectivity index (χ0v) is 16.5. The van der Waals surface area contributed by atoms with Gasteiger partial charge in [0.1, 0.15) is 23.8 Å². The molecule has 1 aromatic heterocycles. The molecular weight excluding hydrogens is 425 g/mol. The number of aromatic nitrogens is 1. The Morgan fingerprint density at radius 1 is 1.03 bits per heavy atom. The highest BCUT2D eigenvalue weighted by Gasteiger charge is 2.18. The number of nitrogens with one attached hydrogen (secondary N) is 3. The second kappa shape index (κ2) is 9.14. The van der Waals surface area contributed by atoms with Crippen molar-refractivity contribution in [2.24, 2.45) is 5.73 Å². The third kappa shape index (κ3) is 5.09. The molecule has 0 atom stereocenters. The SMILES string of the molecule is N=C(N)c1ccc(C(=O)Nc2ccc(C=O)cc2C(=O)Nc2ccc(Cl)cn2)c(F)c1. The van der Waals surface area contributed by atoms with Crippen molar-refractivity contribution in [1.29, 1.82) is 5.41 Å². The van der Waals surface area contributed by atoms with Crippen LogP contribution in [0.1, 0.15) is 36.6 Å². The number of benzene rings is 2. The van der Waals surface area contributed by atoms with Crippen LogP contribution in [0.5, 0.6) is 0 Å². The minimum absolute atomic E-state index is 0.0320. The van der Waals surface area contributed by atoms with Gasteiger partial charge in [-0.15, -0.1) is 0 Å². The minimum Gasteiger partial charge on any atom is -0.384 e. The monoisotopic (exact) mass is 439 g/mol. The molecule has 3 rings (SSSR count). The number of halogens is 2. The van der Waals surface area contributed by atoms with Gasteiger partial charge in [0.05, 0.1) is 21.8 Å². The smallest absolute Gasteiger partial charge is 0.258 e. The standard InChI is InChI=1S/C21H15ClFN5O3/c22-13-3-6-18(26-9-13)28-21(31)15-7-11(10-29)1-5-17(15)27-20(30)14-4-2-12(19(24)25)8-16(14)23/h1-10H,(H3,24,25)(H,27,30)(H,26,28,31). The van der Waals surface area contributed by atoms with Gasteiger partial charge >= 0.3 is 0 Å². The molecule has 0 saturated heterocycles. The van der Waals surface area contributed by atoms with E-state index < -0.39 is 17.6 Å². The maximum atomic E-state index is 14.3. The lowest BCUT2D eigenvalue weighted by Gasteiger charge is -2.13. The summed E-state index contributed by atoms with van der Waals surface area (Å²) in [7, 11) is 0. The van der Waals surface area contributed by atoms with E-state index in [4.69, 9.17) is 22.7 Å². The highest BCUT2D eigenvalue weighted by molar-refractivity contribution is 6.30. The Bertz CT molecular complexity index is 1200. The van der Waals surface area contributed by atoms with Gasteiger partial charge in [-0.05, 0) is 42.5 Å². The lowest BCUT2D eigenvalue weighted by molar-refractivity contribution is 0.102. The van der Waals surface area contributed by atoms with E-state index in [2.05, 4.69) is 15.6 Å². The van der Waals surface area contributed by atoms with Crippen molar-refractivity contribution in [3.05, 3.63) is 87.8 Å². The van der Waals surface area contributed by atoms with E-state index in [0.29, 0.717) is 11.3 Å². The number of anilines is 2. The summed E-state index contributed by atoms with van der Waals surface area (Å²) >= 11 is 5.77. The van der Waals surface area contributed by atoms with Gasteiger partial charge in [-0.25, -0.2) is 9.37 Å². The average molecular weight is 440 g/mol. The van der Waals surface area contributed by atoms with Crippen molar-refractivity contribution in [2.45, 2.75) is 0 Å². The molecule has 0 aliphatic carbocycles. The van der Waals surface area contributed by atoms with Gasteiger partial charge < -0.3 is 16.4 Å². The average Bonchev–Trinajstić information content (AvgIpc) is 2.75. The van der Waals surface area contributed by atoms with E-state index in [1.807, 2.05) is 0 Å². The first-order valence-corrected chi connectivity index (χ1v) is 9.13. The van der Waals surface area contributed by atoms with E-state index in [1.165, 1.54) is 48.7 Å². The van der Waals surface area contributed by atoms with Gasteiger partial charge in [-0.3, -0.25) is 19.8 Å². The molecule has 156 valence electrons. The Morgan fingerprint density at radius 3 is 2.39 bits per heavy atom. The highest BCUT2D eigenvalue weighted by atomic mass is 35.5. The van der Waals surface area contributed by atoms with Gasteiger partial charge in [0.25, 0.3) is 11.8 Å². The lowest BCUT2D eigenvalue weighted by atomic mass is 10.1. The number of nitrogen functional groups attached to an aromatic ring is 1. The van der Waals surface area contributed by atoms with Gasteiger partial charge in [0, 0.05) is 17.3 Å². The molecule has 31 heavy (non-hydrogen) atoms. The summed E-state index contributed by atoms with van der Waals surface area (Å²) in [5.74, 6) is -2.50. The zero-order chi connectivity index (χ0) is 22.5. The fourth-order valence-electron chi connectivity index (χ4n) is 2.62. The molecule has 0 aliphatic rings. The molecule has 0 unspecified atom stereocenters. The summed E-state index contributed by atoms with van der Waals surface area (Å²) in [4.78, 5) is 40.4. The topological polar surface area (TPSA) is 138 Å². The van der Waals surface area contributed by atoms with Crippen LogP contribution in [0.2, 0.25) is 5.02 Å². The number of hydrogen-bond acceptors (Lipinski definition) is 5. The van der Waals surface area contributed by atoms with Crippen molar-refractivity contribution >= 4 is 47.0 Å². The molecule has 5 N–H and O–H groups in total. The number of amides is 2. The van der Waals surface area contributed by atoms with Crippen LogP contribution in [0.4, 0.5) is 15.9 Å². The second-order valence-corrected chi connectivity index (χ2v) is 6.74. The van der Waals surface area contributed by atoms with Crippen molar-refractivity contribution in [2.75, 3.05) is 10.6 Å². The van der Waals surface area contributed by atoms with E-state index >= 15 is 0 Å². The van der Waals surface area contributed by atoms with Gasteiger partial charge in [0.15, 0.2) is 0 Å². The first-order chi connectivity index (χ1) is 14.8. The molecule has 1 heterocycles. The van der Waals surface area contributed by atoms with Crippen molar-refractivity contribution in [3.63, 3.8) is 0 Å². The fraction of sp³-hybridized carbons (Fsp3) is 0. The third-order valence-corrected chi connectivity index (χ3v) is 4.39. The van der Waals surface area contributed by atoms with E-state index in [0.717, 1.165) is 6.07 Å². The van der Waals surface area contributed by atoms with Crippen LogP contribution < -0.4 is 16.4 Å². The molecule has 10 heteroatoms. The molecule has 0 fully saturated rings. The van der Waals surface area contributed by atoms with Crippen molar-refractivity contribution in [3.8, 4) is 0 Å². The molecule has 0 aliphatic heterocycles. The predicted molar refractivity (Wildman–Crippen MR) is 114 cm³/mol. The van der Waals surface area contributed by atoms with Crippen LogP contribution >= 0.6 is 11.6 Å². The highest BCUT2D eigenvalue weighted by Crippen LogP contribution is 2.21. The Labute approximate surface area is 180 Å². The normalized spacial score (nSPS) is 10.3. The number of hydrogen-bond donors (Lipinski definition) is 4. The molecule has 0 saturated carbocycles. The number of amidine groups is 1. The molecule has 8 nitrogen and oxygen atoms in total. The maximum Gasteiger partial charge on any atom is 0.258 e. The number of carbonyl (C=O) groups excluding carboxylic acids is 3. The Hall–Kier alpha value is -4.11. The number of nitrogens with zero attached hydrogens (tertiary/aromatic N) is 1. The third-order valence-electron chi connectivity index (χ3n) is 4.17. The van der Waals surface area contributed by atoms with Gasteiger partial charge in [-0.2, -0.15) is 0 Å². The Morgan fingerprint density at radius 2 is 1.77 bits per heavy atom. The molecule has 0 bridgehead atoms. The van der Waals surface area contributed by atoms with Crippen LogP contribution in [-0.2, 0) is 0 Å². The summed E-state index contributed by atoms with van der Waals surface area (Å²) in [6.45, 7) is 0. The summed E-state index contributed by atoms with van der Waals surface area (Å²) in [5.41, 5.74) is 5.35. The van der Waals surface area contributed by atoms with Crippen molar-refractivity contribution < 1.29 is 18.8 Å². The van der Waals surface area contributed by atoms with Gasteiger partial charge in [-0.1, -0.05) is 17.7 Å². The number of nitrogens with two attached hydrogens (primary N) is 1. The van der Waals surface area contributed by atoms with Crippen LogP contribution in [-0.4, -0.2) is 28.9 Å². The summed E-state index contributed by atoms with van der Waals surface area (Å²) in [6.07, 6.45) is 1.89. The minimum atomic E-state index is -0.883. The molecule has 0 spiro atoms. The van der Waals surface area contributed by atoms with Crippen LogP contribution in [0.3, 0.4) is 0 Å². The van der Waals surface area contributed by atoms with Crippen LogP contribution in [0.15, 0.2) is 54.7 Å². The van der Waals surface area contributed by atoms with Crippen LogP contribution in [0, 0.1) is 11.2 Å². The van der Waals surface area contributed by atoms with Gasteiger partial charge in [0.2, 0.25) is 0 Å². The summed E-state index contributed by atoms with van der Waals surface area (Å²) in [6, 6.07) is 10.5. The summed E-state index contributed by atoms with van der Waals surface area (Å²) in [5, 5.41) is 12.7. The number of aldehydes is 1. The molecule has 2 amide bonds. The quantitative estimate of drug-likeness (QED) is 0.264.